The summed E-state index contributed by atoms with van der Waals surface area (Å²) in [7, 11) is 0. The van der Waals surface area contributed by atoms with Crippen LogP contribution < -0.4 is 5.32 Å². The Hall–Kier alpha value is -0.410. The lowest BCUT2D eigenvalue weighted by atomic mass is 10.1. The minimum atomic E-state index is 0.170. The van der Waals surface area contributed by atoms with Crippen LogP contribution in [0.5, 0.6) is 0 Å². The van der Waals surface area contributed by atoms with Crippen LogP contribution in [0.25, 0.3) is 0 Å². The van der Waals surface area contributed by atoms with Crippen LogP contribution in [0.1, 0.15) is 45.4 Å². The van der Waals surface area contributed by atoms with Crippen LogP contribution in [0.2, 0.25) is 0 Å². The van der Waals surface area contributed by atoms with Gasteiger partial charge in [-0.05, 0) is 6.42 Å². The quantitative estimate of drug-likeness (QED) is 0.506. The van der Waals surface area contributed by atoms with E-state index in [1.165, 1.54) is 32.1 Å². The van der Waals surface area contributed by atoms with Gasteiger partial charge in [-0.3, -0.25) is 4.90 Å². The summed E-state index contributed by atoms with van der Waals surface area (Å²) in [6.45, 7) is 6.34. The van der Waals surface area contributed by atoms with E-state index in [1.807, 2.05) is 0 Å². The first-order valence-electron chi connectivity index (χ1n) is 6.78. The fourth-order valence-corrected chi connectivity index (χ4v) is 2.31. The number of nitrogens with one attached hydrogen (secondary N) is 1. The molecule has 1 fully saturated rings. The van der Waals surface area contributed by atoms with Crippen LogP contribution in [-0.4, -0.2) is 43.4 Å². The zero-order chi connectivity index (χ0) is 11.6. The number of carbonyl (C=O) groups excluding carboxylic acids is 1. The number of hydrogen-bond acceptors (Lipinski definition) is 3. The van der Waals surface area contributed by atoms with E-state index < -0.39 is 0 Å². The molecule has 1 heterocycles. The van der Waals surface area contributed by atoms with Gasteiger partial charge in [-0.2, -0.15) is 0 Å². The number of hydrogen-bond donors (Lipinski definition) is 1. The van der Waals surface area contributed by atoms with Gasteiger partial charge in [0.1, 0.15) is 6.29 Å². The van der Waals surface area contributed by atoms with Crippen molar-refractivity contribution in [3.63, 3.8) is 0 Å². The third-order valence-corrected chi connectivity index (χ3v) is 3.38. The first-order valence-corrected chi connectivity index (χ1v) is 6.78. The average Bonchev–Trinajstić information content (AvgIpc) is 2.35. The number of nitrogens with zero attached hydrogens (tertiary/aromatic N) is 1. The molecule has 0 radical (unpaired) electrons. The SMILES string of the molecule is CCCCCCCC(C=O)N1CCNCC1. The molecule has 1 aliphatic rings. The van der Waals surface area contributed by atoms with Gasteiger partial charge in [0.25, 0.3) is 0 Å². The topological polar surface area (TPSA) is 32.3 Å². The summed E-state index contributed by atoms with van der Waals surface area (Å²) < 4.78 is 0. The van der Waals surface area contributed by atoms with Crippen molar-refractivity contribution < 1.29 is 4.79 Å². The van der Waals surface area contributed by atoms with Gasteiger partial charge in [-0.25, -0.2) is 0 Å². The lowest BCUT2D eigenvalue weighted by Gasteiger charge is -2.31. The number of unbranched alkanes of at least 4 members (excludes halogenated alkanes) is 4. The van der Waals surface area contributed by atoms with Crippen molar-refractivity contribution in [3.8, 4) is 0 Å². The molecule has 0 aromatic carbocycles. The first-order chi connectivity index (χ1) is 7.88. The van der Waals surface area contributed by atoms with Crippen molar-refractivity contribution >= 4 is 6.29 Å². The number of rotatable bonds is 8. The van der Waals surface area contributed by atoms with E-state index in [-0.39, 0.29) is 6.04 Å². The molecule has 1 saturated heterocycles. The Labute approximate surface area is 99.6 Å². The van der Waals surface area contributed by atoms with Crippen molar-refractivity contribution in [2.24, 2.45) is 0 Å². The van der Waals surface area contributed by atoms with Crippen molar-refractivity contribution in [2.45, 2.75) is 51.5 Å². The van der Waals surface area contributed by atoms with Gasteiger partial charge in [0.05, 0.1) is 6.04 Å². The molecule has 0 aliphatic carbocycles. The molecule has 1 atom stereocenters. The number of carbonyl (C=O) groups is 1. The van der Waals surface area contributed by atoms with Crippen molar-refractivity contribution in [1.82, 2.24) is 10.2 Å². The van der Waals surface area contributed by atoms with Crippen LogP contribution in [0.3, 0.4) is 0 Å². The summed E-state index contributed by atoms with van der Waals surface area (Å²) in [6.07, 6.45) is 8.62. The van der Waals surface area contributed by atoms with Gasteiger partial charge >= 0.3 is 0 Å². The highest BCUT2D eigenvalue weighted by atomic mass is 16.1. The van der Waals surface area contributed by atoms with Gasteiger partial charge in [-0.15, -0.1) is 0 Å². The maximum absolute atomic E-state index is 11.1. The average molecular weight is 226 g/mol. The Morgan fingerprint density at radius 3 is 2.50 bits per heavy atom. The van der Waals surface area contributed by atoms with E-state index in [0.29, 0.717) is 0 Å². The fraction of sp³-hybridized carbons (Fsp3) is 0.923. The lowest BCUT2D eigenvalue weighted by molar-refractivity contribution is -0.112. The van der Waals surface area contributed by atoms with Gasteiger partial charge in [0.15, 0.2) is 0 Å². The molecule has 1 aliphatic heterocycles. The molecule has 1 N–H and O–H groups in total. The normalized spacial score (nSPS) is 19.6. The largest absolute Gasteiger partial charge is 0.314 e. The molecular formula is C13H26N2O. The number of aldehydes is 1. The maximum atomic E-state index is 11.1. The Morgan fingerprint density at radius 2 is 1.88 bits per heavy atom. The molecule has 0 bridgehead atoms. The van der Waals surface area contributed by atoms with E-state index in [2.05, 4.69) is 17.1 Å². The van der Waals surface area contributed by atoms with Crippen LogP contribution >= 0.6 is 0 Å². The summed E-state index contributed by atoms with van der Waals surface area (Å²) in [6, 6.07) is 0.170. The third kappa shape index (κ3) is 5.08. The molecule has 0 aromatic heterocycles. The molecule has 3 heteroatoms. The standard InChI is InChI=1S/C13H26N2O/c1-2-3-4-5-6-7-13(12-16)15-10-8-14-9-11-15/h12-14H,2-11H2,1H3. The smallest absolute Gasteiger partial charge is 0.137 e. The molecule has 16 heavy (non-hydrogen) atoms. The number of piperazine rings is 1. The zero-order valence-electron chi connectivity index (χ0n) is 10.6. The predicted octanol–water partition coefficient (Wildman–Crippen LogP) is 1.82. The monoisotopic (exact) mass is 226 g/mol. The molecule has 94 valence electrons. The van der Waals surface area contributed by atoms with Crippen molar-refractivity contribution in [1.29, 1.82) is 0 Å². The molecule has 0 aromatic rings. The van der Waals surface area contributed by atoms with E-state index in [0.717, 1.165) is 38.9 Å². The highest BCUT2D eigenvalue weighted by Crippen LogP contribution is 2.11. The molecule has 1 unspecified atom stereocenters. The van der Waals surface area contributed by atoms with Crippen LogP contribution in [-0.2, 0) is 4.79 Å². The second-order valence-electron chi connectivity index (χ2n) is 4.69. The Kier molecular flexibility index (Phi) is 7.43. The van der Waals surface area contributed by atoms with Crippen LogP contribution in [0.4, 0.5) is 0 Å². The first kappa shape index (κ1) is 13.7. The van der Waals surface area contributed by atoms with Gasteiger partial charge in [0, 0.05) is 26.2 Å². The highest BCUT2D eigenvalue weighted by Gasteiger charge is 2.18. The van der Waals surface area contributed by atoms with E-state index in [9.17, 15) is 4.79 Å². The minimum absolute atomic E-state index is 0.170. The Balaban J connectivity index is 2.12. The molecule has 0 saturated carbocycles. The van der Waals surface area contributed by atoms with Gasteiger partial charge < -0.3 is 10.1 Å². The van der Waals surface area contributed by atoms with E-state index in [1.54, 1.807) is 0 Å². The van der Waals surface area contributed by atoms with Crippen LogP contribution in [0.15, 0.2) is 0 Å². The molecular weight excluding hydrogens is 200 g/mol. The summed E-state index contributed by atoms with van der Waals surface area (Å²) in [5.41, 5.74) is 0. The maximum Gasteiger partial charge on any atom is 0.137 e. The summed E-state index contributed by atoms with van der Waals surface area (Å²) in [5.74, 6) is 0. The second-order valence-corrected chi connectivity index (χ2v) is 4.69. The Bertz CT molecular complexity index is 179. The summed E-state index contributed by atoms with van der Waals surface area (Å²) in [4.78, 5) is 13.4. The molecule has 3 nitrogen and oxygen atoms in total. The Morgan fingerprint density at radius 1 is 1.19 bits per heavy atom. The van der Waals surface area contributed by atoms with E-state index in [4.69, 9.17) is 0 Å². The fourth-order valence-electron chi connectivity index (χ4n) is 2.31. The van der Waals surface area contributed by atoms with E-state index >= 15 is 0 Å². The van der Waals surface area contributed by atoms with Crippen molar-refractivity contribution in [3.05, 3.63) is 0 Å². The van der Waals surface area contributed by atoms with Gasteiger partial charge in [-0.1, -0.05) is 39.0 Å². The zero-order valence-corrected chi connectivity index (χ0v) is 10.6. The highest BCUT2D eigenvalue weighted by molar-refractivity contribution is 5.57. The molecule has 0 spiro atoms. The predicted molar refractivity (Wildman–Crippen MR) is 67.7 cm³/mol. The van der Waals surface area contributed by atoms with Crippen molar-refractivity contribution in [2.75, 3.05) is 26.2 Å². The van der Waals surface area contributed by atoms with Gasteiger partial charge in [0.2, 0.25) is 0 Å². The molecule has 1 rings (SSSR count). The third-order valence-electron chi connectivity index (χ3n) is 3.38. The lowest BCUT2D eigenvalue weighted by Crippen LogP contribution is -2.49. The minimum Gasteiger partial charge on any atom is -0.314 e. The molecule has 0 amide bonds. The summed E-state index contributed by atoms with van der Waals surface area (Å²) in [5, 5.41) is 3.32. The summed E-state index contributed by atoms with van der Waals surface area (Å²) >= 11 is 0. The second kappa shape index (κ2) is 8.71. The van der Waals surface area contributed by atoms with Crippen LogP contribution in [0, 0.1) is 0 Å².